The van der Waals surface area contributed by atoms with Crippen LogP contribution < -0.4 is 5.73 Å². The number of benzene rings is 1. The molecule has 80 valence electrons. The summed E-state index contributed by atoms with van der Waals surface area (Å²) in [5, 5.41) is 12.7. The average Bonchev–Trinajstić information content (AvgIpc) is 2.78. The summed E-state index contributed by atoms with van der Waals surface area (Å²) in [6.45, 7) is 0.768. The predicted molar refractivity (Wildman–Crippen MR) is 61.2 cm³/mol. The van der Waals surface area contributed by atoms with Gasteiger partial charge < -0.3 is 5.73 Å². The Balaban J connectivity index is 2.39. The van der Waals surface area contributed by atoms with Gasteiger partial charge in [0, 0.05) is 18.3 Å². The van der Waals surface area contributed by atoms with Crippen LogP contribution in [0, 0.1) is 11.3 Å². The monoisotopic (exact) mass is 212 g/mol. The van der Waals surface area contributed by atoms with Crippen molar-refractivity contribution in [1.82, 2.24) is 9.78 Å². The molecule has 1 aromatic carbocycles. The minimum atomic E-state index is 0.269. The fourth-order valence-corrected chi connectivity index (χ4v) is 1.64. The second kappa shape index (κ2) is 4.60. The van der Waals surface area contributed by atoms with Crippen LogP contribution in [0.15, 0.2) is 36.7 Å². The van der Waals surface area contributed by atoms with Gasteiger partial charge in [-0.15, -0.1) is 0 Å². The Morgan fingerprint density at radius 2 is 2.19 bits per heavy atom. The van der Waals surface area contributed by atoms with E-state index in [0.29, 0.717) is 6.54 Å². The van der Waals surface area contributed by atoms with Crippen molar-refractivity contribution in [1.29, 1.82) is 5.26 Å². The zero-order chi connectivity index (χ0) is 11.4. The summed E-state index contributed by atoms with van der Waals surface area (Å²) >= 11 is 0. The van der Waals surface area contributed by atoms with Gasteiger partial charge in [-0.25, -0.2) is 0 Å². The summed E-state index contributed by atoms with van der Waals surface area (Å²) in [4.78, 5) is 0. The van der Waals surface area contributed by atoms with Crippen molar-refractivity contribution < 1.29 is 0 Å². The molecule has 0 atom stereocenters. The molecule has 0 aliphatic rings. The molecule has 4 nitrogen and oxygen atoms in total. The molecule has 0 saturated carbocycles. The SMILES string of the molecule is N#CCn1cc(-c2ccccc2CN)cn1. The molecule has 0 amide bonds. The molecule has 0 unspecified atom stereocenters. The van der Waals surface area contributed by atoms with Gasteiger partial charge in [-0.3, -0.25) is 4.68 Å². The van der Waals surface area contributed by atoms with E-state index >= 15 is 0 Å². The molecule has 1 aromatic heterocycles. The Labute approximate surface area is 93.9 Å². The molecule has 2 aromatic rings. The highest BCUT2D eigenvalue weighted by Crippen LogP contribution is 2.22. The van der Waals surface area contributed by atoms with Crippen LogP contribution >= 0.6 is 0 Å². The third-order valence-corrected chi connectivity index (χ3v) is 2.41. The van der Waals surface area contributed by atoms with E-state index in [4.69, 9.17) is 11.0 Å². The first-order valence-electron chi connectivity index (χ1n) is 5.03. The van der Waals surface area contributed by atoms with E-state index in [-0.39, 0.29) is 6.54 Å². The molecule has 16 heavy (non-hydrogen) atoms. The number of hydrogen-bond donors (Lipinski definition) is 1. The number of nitrogens with zero attached hydrogens (tertiary/aromatic N) is 3. The van der Waals surface area contributed by atoms with E-state index in [1.165, 1.54) is 0 Å². The zero-order valence-electron chi connectivity index (χ0n) is 8.80. The first-order chi connectivity index (χ1) is 7.85. The topological polar surface area (TPSA) is 67.6 Å². The van der Waals surface area contributed by atoms with E-state index in [1.54, 1.807) is 10.9 Å². The quantitative estimate of drug-likeness (QED) is 0.839. The molecule has 2 rings (SSSR count). The smallest absolute Gasteiger partial charge is 0.128 e. The van der Waals surface area contributed by atoms with Crippen LogP contribution in [0.25, 0.3) is 11.1 Å². The maximum absolute atomic E-state index is 8.57. The van der Waals surface area contributed by atoms with Gasteiger partial charge in [0.2, 0.25) is 0 Å². The van der Waals surface area contributed by atoms with Crippen molar-refractivity contribution in [3.05, 3.63) is 42.2 Å². The first kappa shape index (κ1) is 10.4. The van der Waals surface area contributed by atoms with Gasteiger partial charge >= 0.3 is 0 Å². The molecule has 4 heteroatoms. The Hall–Kier alpha value is -2.12. The molecule has 0 radical (unpaired) electrons. The molecule has 2 N–H and O–H groups in total. The fourth-order valence-electron chi connectivity index (χ4n) is 1.64. The third kappa shape index (κ3) is 1.95. The van der Waals surface area contributed by atoms with Crippen molar-refractivity contribution in [2.75, 3.05) is 0 Å². The highest BCUT2D eigenvalue weighted by molar-refractivity contribution is 5.65. The molecular formula is C12H12N4. The molecule has 1 heterocycles. The van der Waals surface area contributed by atoms with Gasteiger partial charge in [0.25, 0.3) is 0 Å². The van der Waals surface area contributed by atoms with Gasteiger partial charge in [0.15, 0.2) is 0 Å². The van der Waals surface area contributed by atoms with Crippen LogP contribution in [-0.2, 0) is 13.1 Å². The van der Waals surface area contributed by atoms with Gasteiger partial charge in [-0.2, -0.15) is 10.4 Å². The lowest BCUT2D eigenvalue weighted by atomic mass is 10.0. The molecular weight excluding hydrogens is 200 g/mol. The minimum Gasteiger partial charge on any atom is -0.326 e. The number of nitrogens with two attached hydrogens (primary N) is 1. The number of aromatic nitrogens is 2. The maximum atomic E-state index is 8.57. The van der Waals surface area contributed by atoms with Crippen LogP contribution in [0.1, 0.15) is 5.56 Å². The Kier molecular flexibility index (Phi) is 2.99. The summed E-state index contributed by atoms with van der Waals surface area (Å²) in [6.07, 6.45) is 3.61. The predicted octanol–water partition coefficient (Wildman–Crippen LogP) is 1.53. The summed E-state index contributed by atoms with van der Waals surface area (Å²) in [6, 6.07) is 9.99. The third-order valence-electron chi connectivity index (χ3n) is 2.41. The van der Waals surface area contributed by atoms with Gasteiger partial charge in [0.1, 0.15) is 6.54 Å². The highest BCUT2D eigenvalue weighted by Gasteiger charge is 2.05. The number of hydrogen-bond acceptors (Lipinski definition) is 3. The van der Waals surface area contributed by atoms with Crippen LogP contribution in [0.5, 0.6) is 0 Å². The zero-order valence-corrected chi connectivity index (χ0v) is 8.80. The Bertz CT molecular complexity index is 522. The number of rotatable bonds is 3. The molecule has 0 aliphatic carbocycles. The second-order valence-electron chi connectivity index (χ2n) is 3.45. The number of nitriles is 1. The van der Waals surface area contributed by atoms with Crippen molar-refractivity contribution in [3.63, 3.8) is 0 Å². The molecule has 0 saturated heterocycles. The second-order valence-corrected chi connectivity index (χ2v) is 3.45. The average molecular weight is 212 g/mol. The lowest BCUT2D eigenvalue weighted by Gasteiger charge is -2.04. The maximum Gasteiger partial charge on any atom is 0.128 e. The first-order valence-corrected chi connectivity index (χ1v) is 5.03. The van der Waals surface area contributed by atoms with E-state index < -0.39 is 0 Å². The van der Waals surface area contributed by atoms with Crippen molar-refractivity contribution >= 4 is 0 Å². The van der Waals surface area contributed by atoms with E-state index in [1.807, 2.05) is 30.5 Å². The normalized spacial score (nSPS) is 10.0. The molecule has 0 aliphatic heterocycles. The Morgan fingerprint density at radius 3 is 2.94 bits per heavy atom. The Morgan fingerprint density at radius 1 is 1.38 bits per heavy atom. The van der Waals surface area contributed by atoms with E-state index in [9.17, 15) is 0 Å². The summed E-state index contributed by atoms with van der Waals surface area (Å²) in [5.74, 6) is 0. The van der Waals surface area contributed by atoms with Crippen molar-refractivity contribution in [2.24, 2.45) is 5.73 Å². The lowest BCUT2D eigenvalue weighted by Crippen LogP contribution is -1.98. The van der Waals surface area contributed by atoms with Crippen molar-refractivity contribution in [2.45, 2.75) is 13.1 Å². The van der Waals surface area contributed by atoms with Crippen LogP contribution in [-0.4, -0.2) is 9.78 Å². The van der Waals surface area contributed by atoms with Crippen LogP contribution in [0.3, 0.4) is 0 Å². The largest absolute Gasteiger partial charge is 0.326 e. The van der Waals surface area contributed by atoms with Gasteiger partial charge in [0.05, 0.1) is 12.3 Å². The van der Waals surface area contributed by atoms with E-state index in [0.717, 1.165) is 16.7 Å². The fraction of sp³-hybridized carbons (Fsp3) is 0.167. The van der Waals surface area contributed by atoms with Crippen LogP contribution in [0.2, 0.25) is 0 Å². The van der Waals surface area contributed by atoms with Gasteiger partial charge in [-0.05, 0) is 11.1 Å². The summed E-state index contributed by atoms with van der Waals surface area (Å²) in [7, 11) is 0. The highest BCUT2D eigenvalue weighted by atomic mass is 15.3. The summed E-state index contributed by atoms with van der Waals surface area (Å²) in [5.41, 5.74) is 8.83. The lowest BCUT2D eigenvalue weighted by molar-refractivity contribution is 0.710. The standard InChI is InChI=1S/C12H12N4/c13-5-6-16-9-11(8-15-16)12-4-2-1-3-10(12)7-14/h1-4,8-9H,6-7,14H2. The molecule has 0 spiro atoms. The molecule has 0 fully saturated rings. The minimum absolute atomic E-state index is 0.269. The van der Waals surface area contributed by atoms with Crippen LogP contribution in [0.4, 0.5) is 0 Å². The summed E-state index contributed by atoms with van der Waals surface area (Å²) < 4.78 is 1.61. The van der Waals surface area contributed by atoms with Gasteiger partial charge in [-0.1, -0.05) is 24.3 Å². The van der Waals surface area contributed by atoms with Crippen molar-refractivity contribution in [3.8, 4) is 17.2 Å². The molecule has 0 bridgehead atoms. The van der Waals surface area contributed by atoms with E-state index in [2.05, 4.69) is 11.2 Å².